The minimum atomic E-state index is -4.48. The van der Waals surface area contributed by atoms with Gasteiger partial charge in [-0.1, -0.05) is 17.7 Å². The van der Waals surface area contributed by atoms with Crippen LogP contribution in [0.15, 0.2) is 61.1 Å². The van der Waals surface area contributed by atoms with Gasteiger partial charge in [0, 0.05) is 25.0 Å². The molecule has 0 aliphatic heterocycles. The van der Waals surface area contributed by atoms with Crippen molar-refractivity contribution in [2.24, 2.45) is 0 Å². The fourth-order valence-electron chi connectivity index (χ4n) is 3.34. The average molecular weight is 506 g/mol. The number of amides is 1. The Bertz CT molecular complexity index is 1360. The molecule has 0 radical (unpaired) electrons. The summed E-state index contributed by atoms with van der Waals surface area (Å²) < 4.78 is 46.3. The molecule has 2 aromatic carbocycles. The quantitative estimate of drug-likeness (QED) is 0.319. The molecule has 182 valence electrons. The molecule has 0 aliphatic carbocycles. The molecule has 35 heavy (non-hydrogen) atoms. The number of nitrogens with zero attached hydrogens (tertiary/aromatic N) is 3. The highest BCUT2D eigenvalue weighted by Crippen LogP contribution is 2.36. The first-order valence-corrected chi connectivity index (χ1v) is 10.7. The number of carbonyl (C=O) groups is 1. The van der Waals surface area contributed by atoms with Crippen LogP contribution in [0.1, 0.15) is 5.56 Å². The Hall–Kier alpha value is -3.83. The smallest absolute Gasteiger partial charge is 0.416 e. The topological polar surface area (TPSA) is 101 Å². The van der Waals surface area contributed by atoms with Gasteiger partial charge in [-0.2, -0.15) is 13.2 Å². The molecule has 12 heteroatoms. The highest BCUT2D eigenvalue weighted by Gasteiger charge is 2.30. The zero-order valence-corrected chi connectivity index (χ0v) is 18.8. The van der Waals surface area contributed by atoms with Crippen molar-refractivity contribution < 1.29 is 27.8 Å². The van der Waals surface area contributed by atoms with Crippen LogP contribution < -0.4 is 15.4 Å². The first-order chi connectivity index (χ1) is 16.7. The Kier molecular flexibility index (Phi) is 7.08. The van der Waals surface area contributed by atoms with Gasteiger partial charge in [0.15, 0.2) is 5.82 Å². The molecule has 8 nitrogen and oxygen atoms in total. The first kappa shape index (κ1) is 24.3. The molecule has 4 rings (SSSR count). The molecule has 2 heterocycles. The Morgan fingerprint density at radius 1 is 1.14 bits per heavy atom. The number of halogens is 4. The lowest BCUT2D eigenvalue weighted by Gasteiger charge is -2.13. The molecule has 0 aliphatic rings. The van der Waals surface area contributed by atoms with Gasteiger partial charge in [0.1, 0.15) is 29.9 Å². The lowest BCUT2D eigenvalue weighted by atomic mass is 10.2. The number of ether oxygens (including phenoxy) is 1. The summed E-state index contributed by atoms with van der Waals surface area (Å²) in [5.74, 6) is 0.202. The molecule has 4 aromatic rings. The maximum atomic E-state index is 13.0. The largest absolute Gasteiger partial charge is 0.456 e. The first-order valence-electron chi connectivity index (χ1n) is 10.3. The zero-order valence-electron chi connectivity index (χ0n) is 18.0. The summed E-state index contributed by atoms with van der Waals surface area (Å²) in [6.07, 6.45) is -1.29. The number of rotatable bonds is 8. The van der Waals surface area contributed by atoms with Crippen LogP contribution in [0.3, 0.4) is 0 Å². The predicted octanol–water partition coefficient (Wildman–Crippen LogP) is 4.75. The van der Waals surface area contributed by atoms with Gasteiger partial charge in [-0.05, 0) is 42.5 Å². The van der Waals surface area contributed by atoms with E-state index in [0.717, 1.165) is 12.1 Å². The number of aliphatic hydroxyl groups excluding tert-OH is 1. The number of carbonyl (C=O) groups excluding carboxylic acids is 1. The van der Waals surface area contributed by atoms with E-state index in [9.17, 15) is 18.0 Å². The van der Waals surface area contributed by atoms with Crippen LogP contribution in [-0.2, 0) is 17.5 Å². The molecule has 0 fully saturated rings. The summed E-state index contributed by atoms with van der Waals surface area (Å²) in [6, 6.07) is 11.1. The van der Waals surface area contributed by atoms with E-state index in [1.807, 2.05) is 4.57 Å². The van der Waals surface area contributed by atoms with Gasteiger partial charge in [0.05, 0.1) is 16.1 Å². The van der Waals surface area contributed by atoms with Crippen molar-refractivity contribution in [3.8, 4) is 11.5 Å². The molecule has 2 aromatic heterocycles. The predicted molar refractivity (Wildman–Crippen MR) is 124 cm³/mol. The summed E-state index contributed by atoms with van der Waals surface area (Å²) >= 11 is 6.33. The minimum Gasteiger partial charge on any atom is -0.456 e. The van der Waals surface area contributed by atoms with Gasteiger partial charge in [0.2, 0.25) is 5.91 Å². The molecule has 0 spiro atoms. The number of fused-ring (bicyclic) bond motifs is 1. The van der Waals surface area contributed by atoms with Crippen molar-refractivity contribution in [1.29, 1.82) is 0 Å². The van der Waals surface area contributed by atoms with E-state index in [1.165, 1.54) is 24.5 Å². The fourth-order valence-corrected chi connectivity index (χ4v) is 3.56. The highest BCUT2D eigenvalue weighted by atomic mass is 35.5. The second kappa shape index (κ2) is 10.2. The average Bonchev–Trinajstić information content (AvgIpc) is 3.24. The monoisotopic (exact) mass is 505 g/mol. The number of benzene rings is 2. The van der Waals surface area contributed by atoms with Gasteiger partial charge in [-0.25, -0.2) is 9.97 Å². The van der Waals surface area contributed by atoms with E-state index < -0.39 is 24.3 Å². The standard InChI is InChI=1S/C23H19ClF3N5O3/c24-17-11-15(4-5-19(17)35-16-3-1-2-14(10-16)23(25,26)27)31-22-21-18(29-13-30-22)6-8-32(21)9-7-28-20(34)12-33/h1-6,8,10-11,13,33H,7,9,12H2,(H,28,34)(H,29,30,31). The molecule has 3 N–H and O–H groups in total. The summed E-state index contributed by atoms with van der Waals surface area (Å²) in [5, 5.41) is 14.7. The van der Waals surface area contributed by atoms with Crippen molar-refractivity contribution in [2.75, 3.05) is 18.5 Å². The normalized spacial score (nSPS) is 11.5. The molecule has 0 bridgehead atoms. The molecular formula is C23H19ClF3N5O3. The van der Waals surface area contributed by atoms with Gasteiger partial charge in [-0.15, -0.1) is 0 Å². The third kappa shape index (κ3) is 5.81. The van der Waals surface area contributed by atoms with Gasteiger partial charge in [-0.3, -0.25) is 4.79 Å². The minimum absolute atomic E-state index is 0.00561. The van der Waals surface area contributed by atoms with Crippen LogP contribution in [0.2, 0.25) is 5.02 Å². The molecule has 0 atom stereocenters. The SMILES string of the molecule is O=C(CO)NCCn1ccc2ncnc(Nc3ccc(Oc4cccc(C(F)(F)F)c4)c(Cl)c3)c21. The van der Waals surface area contributed by atoms with Gasteiger partial charge >= 0.3 is 6.18 Å². The lowest BCUT2D eigenvalue weighted by Crippen LogP contribution is -2.29. The fraction of sp³-hybridized carbons (Fsp3) is 0.174. The van der Waals surface area contributed by atoms with Crippen molar-refractivity contribution in [3.05, 3.63) is 71.6 Å². The Balaban J connectivity index is 1.52. The van der Waals surface area contributed by atoms with Crippen molar-refractivity contribution >= 4 is 40.0 Å². The van der Waals surface area contributed by atoms with Crippen LogP contribution >= 0.6 is 11.6 Å². The van der Waals surface area contributed by atoms with Crippen molar-refractivity contribution in [3.63, 3.8) is 0 Å². The van der Waals surface area contributed by atoms with Gasteiger partial charge < -0.3 is 25.0 Å². The van der Waals surface area contributed by atoms with E-state index in [1.54, 1.807) is 24.4 Å². The molecule has 0 saturated heterocycles. The Morgan fingerprint density at radius 3 is 2.71 bits per heavy atom. The van der Waals surface area contributed by atoms with Crippen LogP contribution in [-0.4, -0.2) is 38.7 Å². The number of aromatic nitrogens is 3. The molecule has 0 saturated carbocycles. The summed E-state index contributed by atoms with van der Waals surface area (Å²) in [6.45, 7) is 0.128. The summed E-state index contributed by atoms with van der Waals surface area (Å²) in [5.41, 5.74) is 1.10. The third-order valence-corrected chi connectivity index (χ3v) is 5.25. The van der Waals surface area contributed by atoms with E-state index in [2.05, 4.69) is 20.6 Å². The maximum Gasteiger partial charge on any atom is 0.416 e. The van der Waals surface area contributed by atoms with E-state index in [0.29, 0.717) is 35.6 Å². The van der Waals surface area contributed by atoms with Crippen LogP contribution in [0.5, 0.6) is 11.5 Å². The zero-order chi connectivity index (χ0) is 25.0. The second-order valence-corrected chi connectivity index (χ2v) is 7.78. The number of nitrogens with one attached hydrogen (secondary N) is 2. The van der Waals surface area contributed by atoms with Crippen molar-refractivity contribution in [2.45, 2.75) is 12.7 Å². The number of alkyl halides is 3. The molecule has 0 unspecified atom stereocenters. The third-order valence-electron chi connectivity index (χ3n) is 4.95. The lowest BCUT2D eigenvalue weighted by molar-refractivity contribution is -0.137. The summed E-state index contributed by atoms with van der Waals surface area (Å²) in [4.78, 5) is 19.8. The van der Waals surface area contributed by atoms with E-state index in [-0.39, 0.29) is 16.5 Å². The van der Waals surface area contributed by atoms with E-state index in [4.69, 9.17) is 21.4 Å². The number of hydrogen-bond acceptors (Lipinski definition) is 6. The van der Waals surface area contributed by atoms with Crippen LogP contribution in [0, 0.1) is 0 Å². The van der Waals surface area contributed by atoms with Crippen molar-refractivity contribution in [1.82, 2.24) is 19.9 Å². The van der Waals surface area contributed by atoms with Crippen LogP contribution in [0.4, 0.5) is 24.7 Å². The van der Waals surface area contributed by atoms with Crippen LogP contribution in [0.25, 0.3) is 11.0 Å². The van der Waals surface area contributed by atoms with Gasteiger partial charge in [0.25, 0.3) is 0 Å². The molecular weight excluding hydrogens is 487 g/mol. The summed E-state index contributed by atoms with van der Waals surface area (Å²) in [7, 11) is 0. The maximum absolute atomic E-state index is 13.0. The number of hydrogen-bond donors (Lipinski definition) is 3. The molecule has 1 amide bonds. The van der Waals surface area contributed by atoms with E-state index >= 15 is 0 Å². The Morgan fingerprint density at radius 2 is 1.97 bits per heavy atom. The number of aliphatic hydroxyl groups is 1. The Labute approximate surface area is 202 Å². The highest BCUT2D eigenvalue weighted by molar-refractivity contribution is 6.32. The second-order valence-electron chi connectivity index (χ2n) is 7.37. The number of anilines is 2.